The maximum Gasteiger partial charge on any atom is 0.0865 e. The Bertz CT molecular complexity index is 605. The summed E-state index contributed by atoms with van der Waals surface area (Å²) < 4.78 is 12.5. The quantitative estimate of drug-likeness (QED) is 0.699. The van der Waals surface area contributed by atoms with Crippen molar-refractivity contribution in [2.45, 2.75) is 15.5 Å². The highest BCUT2D eigenvalue weighted by Crippen LogP contribution is 2.42. The molecule has 3 rings (SSSR count). The predicted molar refractivity (Wildman–Crippen MR) is 73.8 cm³/mol. The van der Waals surface area contributed by atoms with Crippen LogP contribution in [0.1, 0.15) is 5.56 Å². The zero-order valence-electron chi connectivity index (χ0n) is 9.47. The van der Waals surface area contributed by atoms with Gasteiger partial charge in [0.25, 0.3) is 0 Å². The average Bonchev–Trinajstić information content (AvgIpc) is 2.66. The summed E-state index contributed by atoms with van der Waals surface area (Å²) in [5.41, 5.74) is 3.47. The second-order valence-electron chi connectivity index (χ2n) is 3.99. The summed E-state index contributed by atoms with van der Waals surface area (Å²) in [5.74, 6) is 0.920. The van der Waals surface area contributed by atoms with Gasteiger partial charge in [0.05, 0.1) is 20.6 Å². The van der Waals surface area contributed by atoms with Crippen LogP contribution in [-0.2, 0) is 16.6 Å². The summed E-state index contributed by atoms with van der Waals surface area (Å²) in [5, 5.41) is 0. The predicted octanol–water partition coefficient (Wildman–Crippen LogP) is 3.70. The summed E-state index contributed by atoms with van der Waals surface area (Å²) >= 11 is 1.77. The largest absolute Gasteiger partial charge is 0.249 e. The van der Waals surface area contributed by atoms with E-state index >= 15 is 0 Å². The molecular formula is C14H12OS2. The van der Waals surface area contributed by atoms with Gasteiger partial charge in [0.1, 0.15) is 0 Å². The number of hydrogen-bond donors (Lipinski definition) is 0. The van der Waals surface area contributed by atoms with E-state index < -0.39 is 10.8 Å². The molecule has 1 nitrogen and oxygen atoms in total. The summed E-state index contributed by atoms with van der Waals surface area (Å²) in [6.45, 7) is 0. The number of rotatable bonds is 2. The highest BCUT2D eigenvalue weighted by atomic mass is 32.2. The van der Waals surface area contributed by atoms with E-state index in [4.69, 9.17) is 0 Å². The molecule has 0 spiro atoms. The SMILES string of the molecule is CSCc1cccc2c1S(=O)c1ccccc1-2. The zero-order chi connectivity index (χ0) is 11.8. The molecule has 0 amide bonds. The van der Waals surface area contributed by atoms with E-state index in [1.165, 1.54) is 5.56 Å². The van der Waals surface area contributed by atoms with Crippen LogP contribution in [0.4, 0.5) is 0 Å². The molecule has 2 aromatic rings. The highest BCUT2D eigenvalue weighted by Gasteiger charge is 2.27. The molecule has 0 bridgehead atoms. The van der Waals surface area contributed by atoms with Crippen molar-refractivity contribution in [3.05, 3.63) is 48.0 Å². The van der Waals surface area contributed by atoms with Crippen molar-refractivity contribution in [2.24, 2.45) is 0 Å². The zero-order valence-corrected chi connectivity index (χ0v) is 11.1. The number of fused-ring (bicyclic) bond motifs is 3. The van der Waals surface area contributed by atoms with Crippen molar-refractivity contribution in [2.75, 3.05) is 6.26 Å². The van der Waals surface area contributed by atoms with Gasteiger partial charge in [0.15, 0.2) is 0 Å². The van der Waals surface area contributed by atoms with Gasteiger partial charge in [0.2, 0.25) is 0 Å². The van der Waals surface area contributed by atoms with Gasteiger partial charge in [-0.3, -0.25) is 0 Å². The van der Waals surface area contributed by atoms with Gasteiger partial charge >= 0.3 is 0 Å². The van der Waals surface area contributed by atoms with E-state index in [9.17, 15) is 4.21 Å². The molecule has 0 fully saturated rings. The molecule has 0 N–H and O–H groups in total. The van der Waals surface area contributed by atoms with Gasteiger partial charge in [-0.2, -0.15) is 11.8 Å². The minimum atomic E-state index is -0.999. The van der Waals surface area contributed by atoms with Crippen molar-refractivity contribution in [3.8, 4) is 11.1 Å². The van der Waals surface area contributed by atoms with Crippen molar-refractivity contribution in [1.29, 1.82) is 0 Å². The average molecular weight is 260 g/mol. The second-order valence-corrected chi connectivity index (χ2v) is 6.24. The van der Waals surface area contributed by atoms with E-state index in [0.29, 0.717) is 0 Å². The molecule has 1 unspecified atom stereocenters. The Kier molecular flexibility index (Phi) is 2.81. The van der Waals surface area contributed by atoms with Crippen LogP contribution in [0.3, 0.4) is 0 Å². The molecule has 0 aliphatic carbocycles. The van der Waals surface area contributed by atoms with Crippen LogP contribution in [0.25, 0.3) is 11.1 Å². The maximum atomic E-state index is 12.5. The number of thioether (sulfide) groups is 1. The highest BCUT2D eigenvalue weighted by molar-refractivity contribution is 7.97. The van der Waals surface area contributed by atoms with Crippen LogP contribution in [0.5, 0.6) is 0 Å². The fraction of sp³-hybridized carbons (Fsp3) is 0.143. The first-order valence-electron chi connectivity index (χ1n) is 5.45. The molecule has 2 aromatic carbocycles. The lowest BCUT2D eigenvalue weighted by atomic mass is 10.0. The molecule has 17 heavy (non-hydrogen) atoms. The first-order valence-corrected chi connectivity index (χ1v) is 7.99. The Morgan fingerprint density at radius 1 is 1.06 bits per heavy atom. The van der Waals surface area contributed by atoms with E-state index in [2.05, 4.69) is 30.5 Å². The molecular weight excluding hydrogens is 248 g/mol. The van der Waals surface area contributed by atoms with E-state index in [-0.39, 0.29) is 0 Å². The third-order valence-electron chi connectivity index (χ3n) is 2.96. The van der Waals surface area contributed by atoms with Crippen LogP contribution >= 0.6 is 11.8 Å². The van der Waals surface area contributed by atoms with E-state index in [1.54, 1.807) is 11.8 Å². The third kappa shape index (κ3) is 1.65. The normalized spacial score (nSPS) is 16.6. The minimum absolute atomic E-state index is 0.920. The van der Waals surface area contributed by atoms with Gasteiger partial charge < -0.3 is 0 Å². The minimum Gasteiger partial charge on any atom is -0.249 e. The van der Waals surface area contributed by atoms with Crippen LogP contribution in [0.15, 0.2) is 52.3 Å². The van der Waals surface area contributed by atoms with Gasteiger partial charge in [0, 0.05) is 5.75 Å². The lowest BCUT2D eigenvalue weighted by Crippen LogP contribution is -1.92. The fourth-order valence-electron chi connectivity index (χ4n) is 2.25. The Morgan fingerprint density at radius 3 is 2.65 bits per heavy atom. The Balaban J connectivity index is 2.27. The van der Waals surface area contributed by atoms with Crippen molar-refractivity contribution >= 4 is 22.6 Å². The second kappa shape index (κ2) is 4.31. The molecule has 0 radical (unpaired) electrons. The van der Waals surface area contributed by atoms with Gasteiger partial charge in [-0.05, 0) is 29.0 Å². The summed E-state index contributed by atoms with van der Waals surface area (Å²) in [6.07, 6.45) is 2.07. The Labute approximate surface area is 108 Å². The van der Waals surface area contributed by atoms with Crippen LogP contribution in [0, 0.1) is 0 Å². The van der Waals surface area contributed by atoms with E-state index in [1.807, 2.05) is 18.2 Å². The van der Waals surface area contributed by atoms with Crippen molar-refractivity contribution in [1.82, 2.24) is 0 Å². The summed E-state index contributed by atoms with van der Waals surface area (Å²) in [6, 6.07) is 14.2. The third-order valence-corrected chi connectivity index (χ3v) is 5.17. The van der Waals surface area contributed by atoms with Crippen molar-refractivity contribution < 1.29 is 4.21 Å². The first kappa shape index (κ1) is 11.1. The molecule has 0 aromatic heterocycles. The summed E-state index contributed by atoms with van der Waals surface area (Å²) in [4.78, 5) is 1.97. The molecule has 0 saturated carbocycles. The molecule has 86 valence electrons. The number of hydrogen-bond acceptors (Lipinski definition) is 2. The van der Waals surface area contributed by atoms with Crippen LogP contribution in [0.2, 0.25) is 0 Å². The smallest absolute Gasteiger partial charge is 0.0865 e. The maximum absolute atomic E-state index is 12.5. The lowest BCUT2D eigenvalue weighted by molar-refractivity contribution is 0.684. The van der Waals surface area contributed by atoms with Gasteiger partial charge in [-0.1, -0.05) is 36.4 Å². The monoisotopic (exact) mass is 260 g/mol. The van der Waals surface area contributed by atoms with Crippen LogP contribution in [-0.4, -0.2) is 10.5 Å². The summed E-state index contributed by atoms with van der Waals surface area (Å²) in [7, 11) is -0.999. The van der Waals surface area contributed by atoms with E-state index in [0.717, 1.165) is 26.7 Å². The molecule has 3 heteroatoms. The van der Waals surface area contributed by atoms with Crippen LogP contribution < -0.4 is 0 Å². The molecule has 1 aliphatic rings. The Morgan fingerprint density at radius 2 is 1.82 bits per heavy atom. The van der Waals surface area contributed by atoms with Gasteiger partial charge in [-0.25, -0.2) is 4.21 Å². The van der Waals surface area contributed by atoms with Gasteiger partial charge in [-0.15, -0.1) is 0 Å². The topological polar surface area (TPSA) is 17.1 Å². The standard InChI is InChI=1S/C14H12OS2/c1-16-9-10-5-4-7-12-11-6-2-3-8-13(11)17(15)14(10)12/h2-8H,9H2,1H3. The molecule has 1 heterocycles. The molecule has 0 saturated heterocycles. The fourth-order valence-corrected chi connectivity index (χ4v) is 4.44. The lowest BCUT2D eigenvalue weighted by Gasteiger charge is -2.05. The molecule has 1 aliphatic heterocycles. The van der Waals surface area contributed by atoms with Crippen molar-refractivity contribution in [3.63, 3.8) is 0 Å². The Hall–Kier alpha value is -1.06. The first-order chi connectivity index (χ1) is 8.33. The number of benzene rings is 2. The molecule has 1 atom stereocenters.